The summed E-state index contributed by atoms with van der Waals surface area (Å²) in [7, 11) is 0. The summed E-state index contributed by atoms with van der Waals surface area (Å²) in [5.74, 6) is 0.864. The Hall–Kier alpha value is -2.69. The van der Waals surface area contributed by atoms with Crippen molar-refractivity contribution in [3.05, 3.63) is 65.2 Å². The van der Waals surface area contributed by atoms with Crippen LogP contribution >= 0.6 is 0 Å². The fraction of sp³-hybridized carbons (Fsp3) is 0.125. The second-order valence-corrected chi connectivity index (χ2v) is 4.82. The van der Waals surface area contributed by atoms with Gasteiger partial charge in [-0.1, -0.05) is 17.3 Å². The lowest BCUT2D eigenvalue weighted by atomic mass is 10.1. The lowest BCUT2D eigenvalue weighted by Crippen LogP contribution is -1.91. The van der Waals surface area contributed by atoms with E-state index in [1.807, 2.05) is 6.92 Å². The van der Waals surface area contributed by atoms with Crippen molar-refractivity contribution in [2.24, 2.45) is 0 Å². The third-order valence-corrected chi connectivity index (χ3v) is 3.18. The highest BCUT2D eigenvalue weighted by Crippen LogP contribution is 2.25. The van der Waals surface area contributed by atoms with E-state index >= 15 is 0 Å². The molecule has 2 aromatic carbocycles. The average Bonchev–Trinajstić information content (AvgIpc) is 2.90. The van der Waals surface area contributed by atoms with Crippen molar-refractivity contribution in [1.29, 1.82) is 0 Å². The minimum atomic E-state index is -0.271. The number of hydrogen-bond acceptors (Lipinski definition) is 4. The van der Waals surface area contributed by atoms with Crippen LogP contribution in [0.5, 0.6) is 5.75 Å². The summed E-state index contributed by atoms with van der Waals surface area (Å²) in [6.07, 6.45) is 0.473. The van der Waals surface area contributed by atoms with Crippen molar-refractivity contribution < 1.29 is 14.0 Å². The molecule has 0 amide bonds. The van der Waals surface area contributed by atoms with Gasteiger partial charge in [-0.05, 0) is 48.4 Å². The highest BCUT2D eigenvalue weighted by atomic mass is 19.1. The van der Waals surface area contributed by atoms with Crippen molar-refractivity contribution in [3.63, 3.8) is 0 Å². The fourth-order valence-corrected chi connectivity index (χ4v) is 2.11. The lowest BCUT2D eigenvalue weighted by Gasteiger charge is -2.00. The second kappa shape index (κ2) is 5.36. The summed E-state index contributed by atoms with van der Waals surface area (Å²) in [5, 5.41) is 13.3. The van der Waals surface area contributed by atoms with Crippen LogP contribution in [0.3, 0.4) is 0 Å². The number of halogens is 1. The van der Waals surface area contributed by atoms with Crippen LogP contribution in [0.4, 0.5) is 4.39 Å². The first-order valence-corrected chi connectivity index (χ1v) is 6.49. The van der Waals surface area contributed by atoms with E-state index in [1.165, 1.54) is 12.1 Å². The number of benzene rings is 2. The molecule has 0 bridgehead atoms. The third kappa shape index (κ3) is 2.91. The first kappa shape index (κ1) is 13.3. The van der Waals surface area contributed by atoms with Gasteiger partial charge in [0.2, 0.25) is 0 Å². The highest BCUT2D eigenvalue weighted by Gasteiger charge is 2.12. The molecule has 1 heterocycles. The molecule has 0 saturated heterocycles. The molecule has 0 aliphatic carbocycles. The SMILES string of the molecule is Cc1cc(O)ccc1-c1nc(Cc2ccc(F)cc2)no1. The van der Waals surface area contributed by atoms with Gasteiger partial charge in [-0.25, -0.2) is 4.39 Å². The summed E-state index contributed by atoms with van der Waals surface area (Å²) >= 11 is 0. The van der Waals surface area contributed by atoms with Crippen molar-refractivity contribution in [1.82, 2.24) is 10.1 Å². The van der Waals surface area contributed by atoms with E-state index in [1.54, 1.807) is 30.3 Å². The molecular formula is C16H13FN2O2. The number of aryl methyl sites for hydroxylation is 1. The molecule has 21 heavy (non-hydrogen) atoms. The molecule has 0 fully saturated rings. The van der Waals surface area contributed by atoms with Crippen molar-refractivity contribution in [3.8, 4) is 17.2 Å². The molecule has 0 radical (unpaired) electrons. The van der Waals surface area contributed by atoms with Crippen LogP contribution in [0, 0.1) is 12.7 Å². The Balaban J connectivity index is 1.84. The number of phenolic OH excluding ortho intramolecular Hbond substituents is 1. The topological polar surface area (TPSA) is 59.2 Å². The smallest absolute Gasteiger partial charge is 0.258 e. The van der Waals surface area contributed by atoms with Crippen LogP contribution in [0.1, 0.15) is 17.0 Å². The normalized spacial score (nSPS) is 10.8. The quantitative estimate of drug-likeness (QED) is 0.800. The Morgan fingerprint density at radius 2 is 1.90 bits per heavy atom. The molecule has 0 saturated carbocycles. The van der Waals surface area contributed by atoms with Gasteiger partial charge in [0.25, 0.3) is 5.89 Å². The Morgan fingerprint density at radius 1 is 1.14 bits per heavy atom. The van der Waals surface area contributed by atoms with Crippen LogP contribution in [0.25, 0.3) is 11.5 Å². The van der Waals surface area contributed by atoms with E-state index in [4.69, 9.17) is 4.52 Å². The molecule has 5 heteroatoms. The minimum Gasteiger partial charge on any atom is -0.508 e. The number of phenols is 1. The van der Waals surface area contributed by atoms with Crippen LogP contribution in [0.15, 0.2) is 47.0 Å². The summed E-state index contributed by atoms with van der Waals surface area (Å²) in [5.41, 5.74) is 2.55. The Bertz CT molecular complexity index is 766. The molecular weight excluding hydrogens is 271 g/mol. The average molecular weight is 284 g/mol. The van der Waals surface area contributed by atoms with Gasteiger partial charge < -0.3 is 9.63 Å². The van der Waals surface area contributed by atoms with E-state index in [9.17, 15) is 9.50 Å². The first-order chi connectivity index (χ1) is 10.1. The van der Waals surface area contributed by atoms with Crippen LogP contribution < -0.4 is 0 Å². The molecule has 106 valence electrons. The van der Waals surface area contributed by atoms with Gasteiger partial charge in [0.1, 0.15) is 11.6 Å². The van der Waals surface area contributed by atoms with Crippen molar-refractivity contribution in [2.45, 2.75) is 13.3 Å². The maximum Gasteiger partial charge on any atom is 0.258 e. The van der Waals surface area contributed by atoms with Gasteiger partial charge >= 0.3 is 0 Å². The van der Waals surface area contributed by atoms with Crippen molar-refractivity contribution in [2.75, 3.05) is 0 Å². The van der Waals surface area contributed by atoms with Gasteiger partial charge in [0, 0.05) is 12.0 Å². The molecule has 0 spiro atoms. The molecule has 1 N–H and O–H groups in total. The third-order valence-electron chi connectivity index (χ3n) is 3.18. The molecule has 1 aromatic heterocycles. The van der Waals surface area contributed by atoms with Gasteiger partial charge in [0.15, 0.2) is 5.82 Å². The highest BCUT2D eigenvalue weighted by molar-refractivity contribution is 5.59. The molecule has 0 unspecified atom stereocenters. The number of rotatable bonds is 3. The minimum absolute atomic E-state index is 0.197. The number of aromatic nitrogens is 2. The zero-order valence-corrected chi connectivity index (χ0v) is 11.4. The second-order valence-electron chi connectivity index (χ2n) is 4.82. The Morgan fingerprint density at radius 3 is 2.62 bits per heavy atom. The van der Waals surface area contributed by atoms with E-state index in [0.29, 0.717) is 18.1 Å². The summed E-state index contributed by atoms with van der Waals surface area (Å²) in [6, 6.07) is 11.1. The lowest BCUT2D eigenvalue weighted by molar-refractivity contribution is 0.423. The molecule has 4 nitrogen and oxygen atoms in total. The van der Waals surface area contributed by atoms with Gasteiger partial charge in [-0.2, -0.15) is 4.98 Å². The standard InChI is InChI=1S/C16H13FN2O2/c1-10-8-13(20)6-7-14(10)16-18-15(19-21-16)9-11-2-4-12(17)5-3-11/h2-8,20H,9H2,1H3. The van der Waals surface area contributed by atoms with Crippen molar-refractivity contribution >= 4 is 0 Å². The largest absolute Gasteiger partial charge is 0.508 e. The molecule has 3 aromatic rings. The van der Waals surface area contributed by atoms with Gasteiger partial charge in [0.05, 0.1) is 0 Å². The summed E-state index contributed by atoms with van der Waals surface area (Å²) < 4.78 is 18.1. The number of nitrogens with zero attached hydrogens (tertiary/aromatic N) is 2. The number of hydrogen-bond donors (Lipinski definition) is 1. The predicted octanol–water partition coefficient (Wildman–Crippen LogP) is 3.48. The summed E-state index contributed by atoms with van der Waals surface area (Å²) in [4.78, 5) is 4.34. The Labute approximate surface area is 120 Å². The maximum atomic E-state index is 12.9. The maximum absolute atomic E-state index is 12.9. The molecule has 3 rings (SSSR count). The van der Waals surface area contributed by atoms with E-state index in [-0.39, 0.29) is 11.6 Å². The van der Waals surface area contributed by atoms with Crippen LogP contribution in [-0.4, -0.2) is 15.2 Å². The van der Waals surface area contributed by atoms with E-state index in [0.717, 1.165) is 16.7 Å². The molecule has 0 aliphatic heterocycles. The predicted molar refractivity (Wildman–Crippen MR) is 75.3 cm³/mol. The fourth-order valence-electron chi connectivity index (χ4n) is 2.11. The molecule has 0 atom stereocenters. The van der Waals surface area contributed by atoms with E-state index < -0.39 is 0 Å². The summed E-state index contributed by atoms with van der Waals surface area (Å²) in [6.45, 7) is 1.86. The molecule has 0 aliphatic rings. The first-order valence-electron chi connectivity index (χ1n) is 6.49. The monoisotopic (exact) mass is 284 g/mol. The van der Waals surface area contributed by atoms with Gasteiger partial charge in [-0.3, -0.25) is 0 Å². The Kier molecular flexibility index (Phi) is 3.39. The zero-order valence-electron chi connectivity index (χ0n) is 11.4. The number of aromatic hydroxyl groups is 1. The van der Waals surface area contributed by atoms with Crippen LogP contribution in [-0.2, 0) is 6.42 Å². The van der Waals surface area contributed by atoms with Gasteiger partial charge in [-0.15, -0.1) is 0 Å². The zero-order chi connectivity index (χ0) is 14.8. The van der Waals surface area contributed by atoms with Crippen LogP contribution in [0.2, 0.25) is 0 Å². The van der Waals surface area contributed by atoms with E-state index in [2.05, 4.69) is 10.1 Å².